The number of carboxylic acid groups (broad SMARTS) is 1. The summed E-state index contributed by atoms with van der Waals surface area (Å²) >= 11 is 0. The van der Waals surface area contributed by atoms with E-state index in [1.54, 1.807) is 0 Å². The highest BCUT2D eigenvalue weighted by atomic mass is 16.5. The van der Waals surface area contributed by atoms with Crippen LogP contribution in [0.15, 0.2) is 0 Å². The molecule has 0 aliphatic carbocycles. The van der Waals surface area contributed by atoms with Gasteiger partial charge in [0.25, 0.3) is 0 Å². The Kier molecular flexibility index (Phi) is 8.51. The van der Waals surface area contributed by atoms with E-state index in [4.69, 9.17) is 16.3 Å². The first-order valence-corrected chi connectivity index (χ1v) is 5.37. The van der Waals surface area contributed by atoms with Gasteiger partial charge in [0.2, 0.25) is 0 Å². The second-order valence-corrected chi connectivity index (χ2v) is 3.30. The third-order valence-corrected chi connectivity index (χ3v) is 1.81. The van der Waals surface area contributed by atoms with Crippen molar-refractivity contribution in [3.8, 4) is 12.3 Å². The van der Waals surface area contributed by atoms with Crippen molar-refractivity contribution in [1.29, 1.82) is 0 Å². The molecule has 2 N–H and O–H groups in total. The Morgan fingerprint density at radius 1 is 1.53 bits per heavy atom. The fourth-order valence-electron chi connectivity index (χ4n) is 1.13. The molecule has 0 fully saturated rings. The molecule has 0 rings (SSSR count). The van der Waals surface area contributed by atoms with E-state index >= 15 is 0 Å². The number of nitrogens with zero attached hydrogens (tertiary/aromatic N) is 1. The van der Waals surface area contributed by atoms with Crippen molar-refractivity contribution in [2.24, 2.45) is 0 Å². The smallest absolute Gasteiger partial charge is 0.329 e. The average Bonchev–Trinajstić information content (AvgIpc) is 2.27. The molecular weight excluding hydrogens is 224 g/mol. The van der Waals surface area contributed by atoms with Crippen LogP contribution in [0.2, 0.25) is 0 Å². The van der Waals surface area contributed by atoms with E-state index in [9.17, 15) is 9.59 Å². The molecule has 0 aliphatic heterocycles. The summed E-state index contributed by atoms with van der Waals surface area (Å²) in [7, 11) is 0. The SMILES string of the molecule is C#CCN(CCC)C(=O)NCCOCC(=O)O. The zero-order valence-corrected chi connectivity index (χ0v) is 9.94. The number of amides is 2. The van der Waals surface area contributed by atoms with Gasteiger partial charge in [-0.2, -0.15) is 0 Å². The summed E-state index contributed by atoms with van der Waals surface area (Å²) in [5.74, 6) is 1.37. The number of nitrogens with one attached hydrogen (secondary N) is 1. The van der Waals surface area contributed by atoms with Gasteiger partial charge in [-0.1, -0.05) is 12.8 Å². The molecule has 6 nitrogen and oxygen atoms in total. The number of carboxylic acids is 1. The molecule has 0 atom stereocenters. The topological polar surface area (TPSA) is 78.9 Å². The lowest BCUT2D eigenvalue weighted by molar-refractivity contribution is -0.142. The average molecular weight is 242 g/mol. The maximum Gasteiger partial charge on any atom is 0.329 e. The first-order chi connectivity index (χ1) is 8.11. The Hall–Kier alpha value is -1.74. The molecule has 2 amide bonds. The molecule has 6 heteroatoms. The summed E-state index contributed by atoms with van der Waals surface area (Å²) in [6, 6.07) is -0.260. The van der Waals surface area contributed by atoms with Crippen LogP contribution in [0.1, 0.15) is 13.3 Å². The van der Waals surface area contributed by atoms with Crippen LogP contribution in [0.4, 0.5) is 4.79 Å². The summed E-state index contributed by atoms with van der Waals surface area (Å²) < 4.78 is 4.77. The van der Waals surface area contributed by atoms with Crippen LogP contribution in [-0.2, 0) is 9.53 Å². The Morgan fingerprint density at radius 3 is 2.76 bits per heavy atom. The summed E-state index contributed by atoms with van der Waals surface area (Å²) in [4.78, 5) is 23.2. The van der Waals surface area contributed by atoms with Gasteiger partial charge in [0.15, 0.2) is 0 Å². The number of aliphatic carboxylic acids is 1. The van der Waals surface area contributed by atoms with Crippen LogP contribution in [0.5, 0.6) is 0 Å². The normalized spacial score (nSPS) is 9.41. The summed E-state index contributed by atoms with van der Waals surface area (Å²) in [6.45, 7) is 2.86. The third-order valence-electron chi connectivity index (χ3n) is 1.81. The minimum Gasteiger partial charge on any atom is -0.480 e. The van der Waals surface area contributed by atoms with E-state index in [1.165, 1.54) is 4.90 Å². The van der Waals surface area contributed by atoms with Gasteiger partial charge in [0, 0.05) is 13.1 Å². The van der Waals surface area contributed by atoms with Gasteiger partial charge < -0.3 is 20.1 Å². The Morgan fingerprint density at radius 2 is 2.24 bits per heavy atom. The van der Waals surface area contributed by atoms with Crippen LogP contribution in [0, 0.1) is 12.3 Å². The molecule has 0 saturated heterocycles. The molecule has 0 aliphatic rings. The molecule has 0 aromatic rings. The van der Waals surface area contributed by atoms with Crippen molar-refractivity contribution in [3.63, 3.8) is 0 Å². The van der Waals surface area contributed by atoms with Crippen molar-refractivity contribution in [2.45, 2.75) is 13.3 Å². The monoisotopic (exact) mass is 242 g/mol. The summed E-state index contributed by atoms with van der Waals surface area (Å²) in [6.07, 6.45) is 5.97. The third kappa shape index (κ3) is 8.11. The van der Waals surface area contributed by atoms with Crippen LogP contribution in [0.25, 0.3) is 0 Å². The molecule has 0 bridgehead atoms. The lowest BCUT2D eigenvalue weighted by Crippen LogP contribution is -2.41. The Balaban J connectivity index is 3.74. The summed E-state index contributed by atoms with van der Waals surface area (Å²) in [5.41, 5.74) is 0. The van der Waals surface area contributed by atoms with Gasteiger partial charge in [-0.15, -0.1) is 6.42 Å². The molecule has 96 valence electrons. The highest BCUT2D eigenvalue weighted by Crippen LogP contribution is 1.91. The molecule has 0 spiro atoms. The molecule has 0 unspecified atom stereocenters. The molecular formula is C11H18N2O4. The van der Waals surface area contributed by atoms with E-state index < -0.39 is 5.97 Å². The maximum absolute atomic E-state index is 11.6. The minimum atomic E-state index is -1.03. The van der Waals surface area contributed by atoms with Gasteiger partial charge in [-0.25, -0.2) is 9.59 Å². The van der Waals surface area contributed by atoms with E-state index in [-0.39, 0.29) is 32.3 Å². The highest BCUT2D eigenvalue weighted by molar-refractivity contribution is 5.74. The zero-order chi connectivity index (χ0) is 13.1. The Labute approximate surface area is 101 Å². The molecule has 0 heterocycles. The lowest BCUT2D eigenvalue weighted by atomic mass is 10.4. The van der Waals surface area contributed by atoms with Gasteiger partial charge in [-0.3, -0.25) is 0 Å². The summed E-state index contributed by atoms with van der Waals surface area (Å²) in [5, 5.41) is 10.9. The second kappa shape index (κ2) is 9.48. The van der Waals surface area contributed by atoms with Crippen molar-refractivity contribution in [2.75, 3.05) is 32.8 Å². The van der Waals surface area contributed by atoms with Crippen LogP contribution in [0.3, 0.4) is 0 Å². The van der Waals surface area contributed by atoms with Crippen molar-refractivity contribution in [1.82, 2.24) is 10.2 Å². The van der Waals surface area contributed by atoms with Crippen molar-refractivity contribution >= 4 is 12.0 Å². The molecule has 0 aromatic carbocycles. The van der Waals surface area contributed by atoms with Gasteiger partial charge in [0.05, 0.1) is 13.2 Å². The second-order valence-electron chi connectivity index (χ2n) is 3.30. The first-order valence-electron chi connectivity index (χ1n) is 5.37. The van der Waals surface area contributed by atoms with Crippen LogP contribution < -0.4 is 5.32 Å². The van der Waals surface area contributed by atoms with Crippen molar-refractivity contribution < 1.29 is 19.4 Å². The van der Waals surface area contributed by atoms with Gasteiger partial charge in [0.1, 0.15) is 6.61 Å². The zero-order valence-electron chi connectivity index (χ0n) is 9.94. The fourth-order valence-corrected chi connectivity index (χ4v) is 1.13. The number of terminal acetylenes is 1. The standard InChI is InChI=1S/C11H18N2O4/c1-3-6-13(7-4-2)11(16)12-5-8-17-9-10(14)15/h1H,4-9H2,2H3,(H,12,16)(H,14,15). The molecule has 0 saturated carbocycles. The number of urea groups is 1. The fraction of sp³-hybridized carbons (Fsp3) is 0.636. The molecule has 0 aromatic heterocycles. The quantitative estimate of drug-likeness (QED) is 0.469. The highest BCUT2D eigenvalue weighted by Gasteiger charge is 2.09. The number of ether oxygens (including phenoxy) is 1. The van der Waals surface area contributed by atoms with Crippen LogP contribution in [-0.4, -0.2) is 54.9 Å². The minimum absolute atomic E-state index is 0.161. The maximum atomic E-state index is 11.6. The Bertz CT molecular complexity index is 286. The molecule has 17 heavy (non-hydrogen) atoms. The number of rotatable bonds is 8. The van der Waals surface area contributed by atoms with E-state index in [0.717, 1.165) is 6.42 Å². The first kappa shape index (κ1) is 15.3. The van der Waals surface area contributed by atoms with E-state index in [1.807, 2.05) is 6.92 Å². The molecule has 0 radical (unpaired) electrons. The van der Waals surface area contributed by atoms with Gasteiger partial charge in [-0.05, 0) is 6.42 Å². The van der Waals surface area contributed by atoms with Crippen LogP contribution >= 0.6 is 0 Å². The largest absolute Gasteiger partial charge is 0.480 e. The predicted molar refractivity (Wildman–Crippen MR) is 62.6 cm³/mol. The number of hydrogen-bond donors (Lipinski definition) is 2. The van der Waals surface area contributed by atoms with Gasteiger partial charge >= 0.3 is 12.0 Å². The predicted octanol–water partition coefficient (Wildman–Crippen LogP) is 0.142. The van der Waals surface area contributed by atoms with E-state index in [2.05, 4.69) is 11.2 Å². The number of carbonyl (C=O) groups excluding carboxylic acids is 1. The lowest BCUT2D eigenvalue weighted by Gasteiger charge is -2.19. The number of hydrogen-bond acceptors (Lipinski definition) is 3. The number of carbonyl (C=O) groups is 2. The van der Waals surface area contributed by atoms with Crippen molar-refractivity contribution in [3.05, 3.63) is 0 Å². The van der Waals surface area contributed by atoms with E-state index in [0.29, 0.717) is 6.54 Å².